The quantitative estimate of drug-likeness (QED) is 0.374. The molecule has 1 aliphatic heterocycles. The Kier molecular flexibility index (Phi) is 8.09. The van der Waals surface area contributed by atoms with Crippen LogP contribution >= 0.6 is 0 Å². The fourth-order valence-corrected chi connectivity index (χ4v) is 3.97. The van der Waals surface area contributed by atoms with Crippen molar-refractivity contribution in [3.8, 4) is 11.5 Å². The van der Waals surface area contributed by atoms with Gasteiger partial charge < -0.3 is 13.7 Å². The second-order valence-corrected chi connectivity index (χ2v) is 8.18. The van der Waals surface area contributed by atoms with Gasteiger partial charge in [0.2, 0.25) is 0 Å². The number of carbonyl (C=O) groups excluding carboxylic acids is 1. The Balaban J connectivity index is 0.000000785. The van der Waals surface area contributed by atoms with Crippen LogP contribution in [0.2, 0.25) is 0 Å². The van der Waals surface area contributed by atoms with Gasteiger partial charge in [-0.15, -0.1) is 6.58 Å². The molecule has 0 N–H and O–H groups in total. The molecule has 0 aromatic heterocycles. The van der Waals surface area contributed by atoms with Crippen molar-refractivity contribution < 1.29 is 40.0 Å². The van der Waals surface area contributed by atoms with Gasteiger partial charge in [0.1, 0.15) is 11.5 Å². The number of para-hydroxylation sites is 1. The highest BCUT2D eigenvalue weighted by Gasteiger charge is 2.30. The minimum atomic E-state index is -4.09. The van der Waals surface area contributed by atoms with E-state index in [2.05, 4.69) is 6.58 Å². The van der Waals surface area contributed by atoms with E-state index in [-0.39, 0.29) is 23.0 Å². The van der Waals surface area contributed by atoms with Crippen LogP contribution in [-0.4, -0.2) is 28.2 Å². The van der Waals surface area contributed by atoms with Crippen LogP contribution in [0, 0.1) is 0 Å². The lowest BCUT2D eigenvalue weighted by atomic mass is 9.92. The number of halogens is 3. The van der Waals surface area contributed by atoms with E-state index in [0.29, 0.717) is 17.5 Å². The van der Waals surface area contributed by atoms with Crippen LogP contribution in [0.25, 0.3) is 0 Å². The highest BCUT2D eigenvalue weighted by Crippen LogP contribution is 2.41. The van der Waals surface area contributed by atoms with Crippen LogP contribution in [0.4, 0.5) is 13.2 Å². The second kappa shape index (κ2) is 10.3. The number of ether oxygens (including phenoxy) is 2. The average Bonchev–Trinajstić information content (AvgIpc) is 2.73. The van der Waals surface area contributed by atoms with Gasteiger partial charge in [-0.1, -0.05) is 29.8 Å². The number of hydrogen-bond acceptors (Lipinski definition) is 6. The summed E-state index contributed by atoms with van der Waals surface area (Å²) < 4.78 is 70.6. The first-order valence-electron chi connectivity index (χ1n) is 8.98. The summed E-state index contributed by atoms with van der Waals surface area (Å²) in [5.74, 6) is -1.02. The third kappa shape index (κ3) is 6.48. The van der Waals surface area contributed by atoms with Crippen molar-refractivity contribution in [1.29, 1.82) is 0 Å². The molecular formula is C21H21F3O6S. The molecule has 6 nitrogen and oxygen atoms in total. The fraction of sp³-hybridized carbons (Fsp3) is 0.286. The molecule has 0 saturated carbocycles. The molecule has 168 valence electrons. The molecule has 1 atom stereocenters. The van der Waals surface area contributed by atoms with Gasteiger partial charge >= 0.3 is 22.8 Å². The predicted octanol–water partition coefficient (Wildman–Crippen LogP) is 4.75. The Morgan fingerprint density at radius 3 is 2.45 bits per heavy atom. The number of hydrogen-bond donors (Lipinski definition) is 0. The zero-order chi connectivity index (χ0) is 23.2. The zero-order valence-electron chi connectivity index (χ0n) is 16.8. The molecule has 3 rings (SSSR count). The standard InChI is InChI=1S/C20H20O6S.CHF3/c1-13(2)10-17(20(21)24-3)16-8-5-9-18-19(16)26-27(22,23)15-7-4-6-14(11-15)12-25-18;2-1(3)4/h4-9,11,17H,1,10,12H2,2-3H3;1H. The van der Waals surface area contributed by atoms with E-state index in [1.165, 1.54) is 19.2 Å². The monoisotopic (exact) mass is 458 g/mol. The second-order valence-electron chi connectivity index (χ2n) is 6.63. The van der Waals surface area contributed by atoms with Crippen molar-refractivity contribution in [3.05, 3.63) is 65.7 Å². The molecule has 1 unspecified atom stereocenters. The van der Waals surface area contributed by atoms with Gasteiger partial charge in [0.05, 0.1) is 13.0 Å². The van der Waals surface area contributed by atoms with E-state index in [1.54, 1.807) is 37.3 Å². The molecule has 0 amide bonds. The van der Waals surface area contributed by atoms with Crippen LogP contribution in [-0.2, 0) is 26.3 Å². The smallest absolute Gasteiger partial charge is 0.379 e. The first-order chi connectivity index (χ1) is 14.5. The van der Waals surface area contributed by atoms with Gasteiger partial charge in [-0.25, -0.2) is 0 Å². The summed E-state index contributed by atoms with van der Waals surface area (Å²) in [6.07, 6.45) is 0.292. The summed E-state index contributed by atoms with van der Waals surface area (Å²) >= 11 is 0. The molecule has 0 spiro atoms. The number of alkyl halides is 3. The lowest BCUT2D eigenvalue weighted by Crippen LogP contribution is -2.18. The number of allylic oxidation sites excluding steroid dienone is 1. The predicted molar refractivity (Wildman–Crippen MR) is 106 cm³/mol. The third-order valence-electron chi connectivity index (χ3n) is 4.20. The third-order valence-corrected chi connectivity index (χ3v) is 5.41. The fourth-order valence-electron chi connectivity index (χ4n) is 2.93. The molecular weight excluding hydrogens is 437 g/mol. The van der Waals surface area contributed by atoms with Crippen molar-refractivity contribution in [2.24, 2.45) is 0 Å². The minimum Gasteiger partial charge on any atom is -0.485 e. The van der Waals surface area contributed by atoms with Crippen molar-refractivity contribution in [2.45, 2.75) is 37.4 Å². The zero-order valence-corrected chi connectivity index (χ0v) is 17.6. The SMILES string of the molecule is C=C(C)CC(C(=O)OC)c1cccc2c1OS(=O)(=O)c1cccc(c1)CO2.FC(F)F. The van der Waals surface area contributed by atoms with Gasteiger partial charge in [-0.3, -0.25) is 4.79 Å². The van der Waals surface area contributed by atoms with Crippen LogP contribution in [0.1, 0.15) is 30.4 Å². The lowest BCUT2D eigenvalue weighted by Gasteiger charge is -2.20. The molecule has 1 heterocycles. The van der Waals surface area contributed by atoms with Crippen LogP contribution < -0.4 is 8.92 Å². The molecule has 0 fully saturated rings. The van der Waals surface area contributed by atoms with Gasteiger partial charge in [-0.2, -0.15) is 21.6 Å². The van der Waals surface area contributed by atoms with Gasteiger partial charge in [0.15, 0.2) is 11.5 Å². The lowest BCUT2D eigenvalue weighted by molar-refractivity contribution is -0.142. The van der Waals surface area contributed by atoms with Crippen LogP contribution in [0.15, 0.2) is 59.5 Å². The van der Waals surface area contributed by atoms with E-state index in [9.17, 15) is 26.4 Å². The van der Waals surface area contributed by atoms with Crippen LogP contribution in [0.3, 0.4) is 0 Å². The molecule has 31 heavy (non-hydrogen) atoms. The normalized spacial score (nSPS) is 14.8. The Labute approximate surface area is 178 Å². The summed E-state index contributed by atoms with van der Waals surface area (Å²) in [6, 6.07) is 11.3. The molecule has 2 aromatic rings. The largest absolute Gasteiger partial charge is 0.485 e. The van der Waals surface area contributed by atoms with Crippen LogP contribution in [0.5, 0.6) is 11.5 Å². The number of carbonyl (C=O) groups is 1. The van der Waals surface area contributed by atoms with Gasteiger partial charge in [0.25, 0.3) is 0 Å². The average molecular weight is 458 g/mol. The Morgan fingerprint density at radius 2 is 1.84 bits per heavy atom. The molecule has 0 aliphatic carbocycles. The van der Waals surface area contributed by atoms with Gasteiger partial charge in [0, 0.05) is 5.56 Å². The first kappa shape index (κ1) is 24.3. The Bertz CT molecular complexity index is 1050. The van der Waals surface area contributed by atoms with Crippen molar-refractivity contribution in [3.63, 3.8) is 0 Å². The molecule has 2 bridgehead atoms. The topological polar surface area (TPSA) is 78.9 Å². The molecule has 2 aromatic carbocycles. The minimum absolute atomic E-state index is 0.00315. The Hall–Kier alpha value is -3.01. The van der Waals surface area contributed by atoms with E-state index >= 15 is 0 Å². The number of esters is 1. The number of fused-ring (bicyclic) bond motifs is 3. The molecule has 10 heteroatoms. The first-order valence-corrected chi connectivity index (χ1v) is 10.4. The maximum absolute atomic E-state index is 12.8. The Morgan fingerprint density at radius 1 is 1.19 bits per heavy atom. The van der Waals surface area contributed by atoms with E-state index in [0.717, 1.165) is 5.57 Å². The van der Waals surface area contributed by atoms with Crippen molar-refractivity contribution in [1.82, 2.24) is 0 Å². The molecule has 1 aliphatic rings. The maximum Gasteiger partial charge on any atom is 0.379 e. The molecule has 0 saturated heterocycles. The highest BCUT2D eigenvalue weighted by atomic mass is 32.2. The number of rotatable bonds is 4. The number of benzene rings is 2. The molecule has 0 radical (unpaired) electrons. The van der Waals surface area contributed by atoms with E-state index < -0.39 is 28.7 Å². The van der Waals surface area contributed by atoms with E-state index in [4.69, 9.17) is 13.7 Å². The van der Waals surface area contributed by atoms with E-state index in [1.807, 2.05) is 0 Å². The van der Waals surface area contributed by atoms with Crippen molar-refractivity contribution >= 4 is 16.1 Å². The van der Waals surface area contributed by atoms with Gasteiger partial charge in [-0.05, 0) is 37.1 Å². The maximum atomic E-state index is 12.8. The summed E-state index contributed by atoms with van der Waals surface area (Å²) in [5.41, 5.74) is 1.83. The highest BCUT2D eigenvalue weighted by molar-refractivity contribution is 7.87. The number of methoxy groups -OCH3 is 1. The summed E-state index contributed by atoms with van der Waals surface area (Å²) in [4.78, 5) is 12.4. The summed E-state index contributed by atoms with van der Waals surface area (Å²) in [5, 5.41) is 0. The van der Waals surface area contributed by atoms with Crippen molar-refractivity contribution in [2.75, 3.05) is 7.11 Å². The summed E-state index contributed by atoms with van der Waals surface area (Å²) in [6.45, 7) is 2.14. The summed E-state index contributed by atoms with van der Waals surface area (Å²) in [7, 11) is -2.81.